The topological polar surface area (TPSA) is 38.0 Å². The van der Waals surface area contributed by atoms with Crippen LogP contribution in [0.15, 0.2) is 18.2 Å². The van der Waals surface area contributed by atoms with E-state index in [4.69, 9.17) is 5.73 Å². The molecule has 1 unspecified atom stereocenters. The number of benzene rings is 1. The van der Waals surface area contributed by atoms with E-state index < -0.39 is 11.6 Å². The second-order valence-corrected chi connectivity index (χ2v) is 5.11. The van der Waals surface area contributed by atoms with Crippen LogP contribution >= 0.6 is 0 Å². The Morgan fingerprint density at radius 2 is 1.83 bits per heavy atom. The molecule has 1 aromatic carbocycles. The Kier molecular flexibility index (Phi) is 4.30. The van der Waals surface area contributed by atoms with Crippen LogP contribution in [0.1, 0.15) is 37.3 Å². The van der Waals surface area contributed by atoms with Gasteiger partial charge in [0.1, 0.15) is 0 Å². The Morgan fingerprint density at radius 3 is 2.39 bits per heavy atom. The molecule has 2 rings (SSSR count). The first-order chi connectivity index (χ1) is 8.61. The summed E-state index contributed by atoms with van der Waals surface area (Å²) in [5.41, 5.74) is 6.71. The molecule has 0 heterocycles. The molecular weight excluding hydrogens is 234 g/mol. The molecule has 1 aromatic rings. The lowest BCUT2D eigenvalue weighted by Crippen LogP contribution is -2.33. The van der Waals surface area contributed by atoms with Crippen molar-refractivity contribution in [2.75, 3.05) is 7.05 Å². The minimum Gasteiger partial charge on any atom is -0.328 e. The molecule has 0 spiro atoms. The van der Waals surface area contributed by atoms with E-state index >= 15 is 0 Å². The second kappa shape index (κ2) is 5.76. The van der Waals surface area contributed by atoms with Gasteiger partial charge in [-0.3, -0.25) is 0 Å². The first kappa shape index (κ1) is 13.4. The molecule has 0 bridgehead atoms. The van der Waals surface area contributed by atoms with Gasteiger partial charge in [0.05, 0.1) is 0 Å². The molecule has 1 fully saturated rings. The van der Waals surface area contributed by atoms with Gasteiger partial charge in [-0.2, -0.15) is 0 Å². The van der Waals surface area contributed by atoms with Crippen LogP contribution in [0.2, 0.25) is 0 Å². The van der Waals surface area contributed by atoms with Gasteiger partial charge >= 0.3 is 0 Å². The molecule has 2 nitrogen and oxygen atoms in total. The predicted molar refractivity (Wildman–Crippen MR) is 68.1 cm³/mol. The molecule has 0 amide bonds. The highest BCUT2D eigenvalue weighted by molar-refractivity contribution is 5.22. The van der Waals surface area contributed by atoms with Crippen molar-refractivity contribution in [2.24, 2.45) is 11.7 Å². The summed E-state index contributed by atoms with van der Waals surface area (Å²) >= 11 is 0. The maximum absolute atomic E-state index is 13.3. The molecule has 0 saturated heterocycles. The van der Waals surface area contributed by atoms with Crippen LogP contribution in [0.3, 0.4) is 0 Å². The zero-order chi connectivity index (χ0) is 13.1. The highest BCUT2D eigenvalue weighted by atomic mass is 19.2. The second-order valence-electron chi connectivity index (χ2n) is 5.11. The zero-order valence-corrected chi connectivity index (χ0v) is 10.6. The summed E-state index contributed by atoms with van der Waals surface area (Å²) in [7, 11) is 1.86. The van der Waals surface area contributed by atoms with Crippen molar-refractivity contribution in [1.82, 2.24) is 5.32 Å². The van der Waals surface area contributed by atoms with Crippen molar-refractivity contribution >= 4 is 0 Å². The van der Waals surface area contributed by atoms with E-state index in [1.807, 2.05) is 7.05 Å². The number of nitrogens with two attached hydrogens (primary N) is 1. The smallest absolute Gasteiger partial charge is 0.159 e. The van der Waals surface area contributed by atoms with Gasteiger partial charge in [0.25, 0.3) is 0 Å². The van der Waals surface area contributed by atoms with Crippen LogP contribution < -0.4 is 11.1 Å². The minimum atomic E-state index is -0.792. The predicted octanol–water partition coefficient (Wildman–Crippen LogP) is 2.74. The van der Waals surface area contributed by atoms with Crippen molar-refractivity contribution in [3.63, 3.8) is 0 Å². The van der Waals surface area contributed by atoms with E-state index in [9.17, 15) is 8.78 Å². The molecule has 18 heavy (non-hydrogen) atoms. The van der Waals surface area contributed by atoms with Gasteiger partial charge in [-0.25, -0.2) is 8.78 Å². The van der Waals surface area contributed by atoms with Crippen LogP contribution in [0, 0.1) is 17.6 Å². The van der Waals surface area contributed by atoms with Gasteiger partial charge in [0, 0.05) is 12.1 Å². The van der Waals surface area contributed by atoms with Crippen molar-refractivity contribution in [1.29, 1.82) is 0 Å². The van der Waals surface area contributed by atoms with Gasteiger partial charge in [-0.05, 0) is 56.3 Å². The Hall–Kier alpha value is -1.00. The van der Waals surface area contributed by atoms with E-state index in [0.29, 0.717) is 12.0 Å². The summed E-state index contributed by atoms with van der Waals surface area (Å²) < 4.78 is 26.2. The largest absolute Gasteiger partial charge is 0.328 e. The quantitative estimate of drug-likeness (QED) is 0.870. The van der Waals surface area contributed by atoms with Gasteiger partial charge in [0.2, 0.25) is 0 Å². The average molecular weight is 254 g/mol. The molecule has 0 aromatic heterocycles. The average Bonchev–Trinajstić information content (AvgIpc) is 2.37. The Labute approximate surface area is 107 Å². The summed E-state index contributed by atoms with van der Waals surface area (Å²) in [4.78, 5) is 0. The van der Waals surface area contributed by atoms with Gasteiger partial charge in [0.15, 0.2) is 11.6 Å². The molecule has 4 heteroatoms. The Bertz CT molecular complexity index is 401. The van der Waals surface area contributed by atoms with Crippen LogP contribution in [0.4, 0.5) is 8.78 Å². The van der Waals surface area contributed by atoms with Crippen molar-refractivity contribution in [3.05, 3.63) is 35.4 Å². The van der Waals surface area contributed by atoms with Crippen LogP contribution in [-0.4, -0.2) is 13.1 Å². The monoisotopic (exact) mass is 254 g/mol. The number of hydrogen-bond acceptors (Lipinski definition) is 2. The molecule has 1 aliphatic carbocycles. The highest BCUT2D eigenvalue weighted by Crippen LogP contribution is 2.34. The van der Waals surface area contributed by atoms with Gasteiger partial charge in [-0.15, -0.1) is 0 Å². The van der Waals surface area contributed by atoms with E-state index in [2.05, 4.69) is 5.32 Å². The third-order valence-corrected chi connectivity index (χ3v) is 3.90. The molecule has 3 N–H and O–H groups in total. The van der Waals surface area contributed by atoms with Gasteiger partial charge in [-0.1, -0.05) is 6.07 Å². The number of hydrogen-bond donors (Lipinski definition) is 2. The number of nitrogens with one attached hydrogen (secondary N) is 1. The Morgan fingerprint density at radius 1 is 1.17 bits per heavy atom. The van der Waals surface area contributed by atoms with E-state index in [-0.39, 0.29) is 6.04 Å². The standard InChI is InChI=1S/C14H20F2N2/c1-18-14(9-2-5-11(17)6-3-9)10-4-7-12(15)13(16)8-10/h4,7-9,11,14,18H,2-3,5-6,17H2,1H3. The van der Waals surface area contributed by atoms with E-state index in [0.717, 1.165) is 31.2 Å². The molecule has 100 valence electrons. The lowest BCUT2D eigenvalue weighted by atomic mass is 9.79. The molecular formula is C14H20F2N2. The SMILES string of the molecule is CNC(c1ccc(F)c(F)c1)C1CCC(N)CC1. The summed E-state index contributed by atoms with van der Waals surface area (Å²) in [6.07, 6.45) is 4.08. The summed E-state index contributed by atoms with van der Waals surface area (Å²) in [5, 5.41) is 3.22. The fraction of sp³-hybridized carbons (Fsp3) is 0.571. The van der Waals surface area contributed by atoms with Crippen molar-refractivity contribution in [2.45, 2.75) is 37.8 Å². The van der Waals surface area contributed by atoms with Crippen LogP contribution in [0.5, 0.6) is 0 Å². The molecule has 1 saturated carbocycles. The zero-order valence-electron chi connectivity index (χ0n) is 10.6. The Balaban J connectivity index is 2.14. The minimum absolute atomic E-state index is 0.0765. The van der Waals surface area contributed by atoms with E-state index in [1.54, 1.807) is 6.07 Å². The highest BCUT2D eigenvalue weighted by Gasteiger charge is 2.26. The lowest BCUT2D eigenvalue weighted by molar-refractivity contribution is 0.262. The molecule has 1 aliphatic rings. The molecule has 1 atom stereocenters. The molecule has 0 aliphatic heterocycles. The van der Waals surface area contributed by atoms with Crippen molar-refractivity contribution in [3.8, 4) is 0 Å². The number of rotatable bonds is 3. The third kappa shape index (κ3) is 2.87. The van der Waals surface area contributed by atoms with Crippen LogP contribution in [0.25, 0.3) is 0 Å². The third-order valence-electron chi connectivity index (χ3n) is 3.90. The lowest BCUT2D eigenvalue weighted by Gasteiger charge is -2.32. The number of halogens is 2. The fourth-order valence-corrected chi connectivity index (χ4v) is 2.86. The summed E-state index contributed by atoms with van der Waals surface area (Å²) in [5.74, 6) is -1.13. The maximum Gasteiger partial charge on any atom is 0.159 e. The normalized spacial score (nSPS) is 26.0. The summed E-state index contributed by atoms with van der Waals surface area (Å²) in [6, 6.07) is 4.53. The fourth-order valence-electron chi connectivity index (χ4n) is 2.86. The van der Waals surface area contributed by atoms with Gasteiger partial charge < -0.3 is 11.1 Å². The maximum atomic E-state index is 13.3. The first-order valence-corrected chi connectivity index (χ1v) is 6.49. The summed E-state index contributed by atoms with van der Waals surface area (Å²) in [6.45, 7) is 0. The first-order valence-electron chi connectivity index (χ1n) is 6.49. The van der Waals surface area contributed by atoms with Crippen LogP contribution in [-0.2, 0) is 0 Å². The van der Waals surface area contributed by atoms with Crippen molar-refractivity contribution < 1.29 is 8.78 Å². The van der Waals surface area contributed by atoms with E-state index in [1.165, 1.54) is 12.1 Å². The molecule has 0 radical (unpaired) electrons.